The van der Waals surface area contributed by atoms with Crippen LogP contribution in [0.1, 0.15) is 18.2 Å². The fraction of sp³-hybridized carbons (Fsp3) is 0.200. The van der Waals surface area contributed by atoms with Crippen molar-refractivity contribution in [3.63, 3.8) is 0 Å². The van der Waals surface area contributed by atoms with Crippen LogP contribution in [-0.4, -0.2) is 33.9 Å². The molecule has 0 spiro atoms. The third-order valence-electron chi connectivity index (χ3n) is 4.54. The summed E-state index contributed by atoms with van der Waals surface area (Å²) < 4.78 is 10.1. The molecule has 0 saturated heterocycles. The molecule has 1 aliphatic heterocycles. The molecule has 1 atom stereocenters. The zero-order valence-electron chi connectivity index (χ0n) is 15.5. The van der Waals surface area contributed by atoms with Gasteiger partial charge in [0.05, 0.1) is 23.3 Å². The molecule has 3 aromatic rings. The molecule has 4 rings (SSSR count). The number of amidine groups is 1. The van der Waals surface area contributed by atoms with E-state index in [1.807, 2.05) is 90.9 Å². The minimum atomic E-state index is -2.50. The summed E-state index contributed by atoms with van der Waals surface area (Å²) in [6.07, 6.45) is -2.50. The molecular weight excluding hydrogens is 375 g/mol. The van der Waals surface area contributed by atoms with Gasteiger partial charge < -0.3 is 9.19 Å². The second-order valence-corrected chi connectivity index (χ2v) is 10.1. The summed E-state index contributed by atoms with van der Waals surface area (Å²) in [5, 5.41) is 5.70. The van der Waals surface area contributed by atoms with Crippen LogP contribution >= 0.6 is 6.42 Å². The first kappa shape index (κ1) is 18.1. The Labute approximate surface area is 164 Å². The second-order valence-electron chi connectivity index (χ2n) is 6.27. The predicted octanol–water partition coefficient (Wildman–Crippen LogP) is 4.18. The predicted molar refractivity (Wildman–Crippen MR) is 114 cm³/mol. The lowest BCUT2D eigenvalue weighted by Gasteiger charge is -2.36. The lowest BCUT2D eigenvalue weighted by molar-refractivity contribution is 0.363. The first-order valence-electron chi connectivity index (χ1n) is 8.84. The fourth-order valence-corrected chi connectivity index (χ4v) is 6.70. The number of aromatic nitrogens is 2. The zero-order chi connectivity index (χ0) is 19.0. The highest BCUT2D eigenvalue weighted by Gasteiger charge is 2.40. The SMILES string of the molecule is CCO[P@]1(=S)c2c(C)nn(-c3ccccc3)c2N=C(c2ccccc2)N1C. The minimum Gasteiger partial charge on any atom is -0.331 e. The Morgan fingerprint density at radius 3 is 2.30 bits per heavy atom. The Kier molecular flexibility index (Phi) is 4.72. The number of aliphatic imine (C=N–C) groups is 1. The van der Waals surface area contributed by atoms with Gasteiger partial charge in [0.1, 0.15) is 5.84 Å². The molecule has 0 radical (unpaired) electrons. The van der Waals surface area contributed by atoms with E-state index in [1.165, 1.54) is 0 Å². The van der Waals surface area contributed by atoms with E-state index in [0.29, 0.717) is 6.61 Å². The Morgan fingerprint density at radius 1 is 1.04 bits per heavy atom. The van der Waals surface area contributed by atoms with Crippen LogP contribution in [-0.2, 0) is 16.3 Å². The van der Waals surface area contributed by atoms with Crippen LogP contribution in [0.2, 0.25) is 0 Å². The molecule has 138 valence electrons. The van der Waals surface area contributed by atoms with E-state index in [0.717, 1.165) is 33.9 Å². The summed E-state index contributed by atoms with van der Waals surface area (Å²) in [5.74, 6) is 1.59. The monoisotopic (exact) mass is 396 g/mol. The first-order chi connectivity index (χ1) is 13.1. The minimum absolute atomic E-state index is 0.541. The maximum absolute atomic E-state index is 6.21. The fourth-order valence-electron chi connectivity index (χ4n) is 3.30. The van der Waals surface area contributed by atoms with Gasteiger partial charge in [-0.3, -0.25) is 0 Å². The van der Waals surface area contributed by atoms with E-state index < -0.39 is 6.42 Å². The van der Waals surface area contributed by atoms with Gasteiger partial charge in [0.2, 0.25) is 0 Å². The van der Waals surface area contributed by atoms with Crippen LogP contribution in [0.3, 0.4) is 0 Å². The third-order valence-corrected chi connectivity index (χ3v) is 8.81. The molecule has 0 saturated carbocycles. The van der Waals surface area contributed by atoms with E-state index in [1.54, 1.807) is 0 Å². The molecule has 2 heterocycles. The molecule has 27 heavy (non-hydrogen) atoms. The van der Waals surface area contributed by atoms with E-state index in [-0.39, 0.29) is 0 Å². The Balaban J connectivity index is 2.01. The second kappa shape index (κ2) is 7.04. The van der Waals surface area contributed by atoms with Crippen LogP contribution in [0.15, 0.2) is 65.7 Å². The van der Waals surface area contributed by atoms with Crippen molar-refractivity contribution in [3.05, 3.63) is 71.9 Å². The summed E-state index contributed by atoms with van der Waals surface area (Å²) in [6, 6.07) is 20.1. The van der Waals surface area contributed by atoms with Gasteiger partial charge in [0, 0.05) is 12.6 Å². The molecule has 2 aromatic carbocycles. The van der Waals surface area contributed by atoms with Gasteiger partial charge in [-0.15, -0.1) is 0 Å². The average Bonchev–Trinajstić information content (AvgIpc) is 3.03. The summed E-state index contributed by atoms with van der Waals surface area (Å²) in [7, 11) is 1.98. The first-order valence-corrected chi connectivity index (χ1v) is 11.5. The number of nitrogens with zero attached hydrogens (tertiary/aromatic N) is 4. The number of fused-ring (bicyclic) bond motifs is 1. The van der Waals surface area contributed by atoms with E-state index in [9.17, 15) is 0 Å². The average molecular weight is 396 g/mol. The van der Waals surface area contributed by atoms with Gasteiger partial charge in [0.25, 0.3) is 0 Å². The maximum Gasteiger partial charge on any atom is 0.192 e. The quantitative estimate of drug-likeness (QED) is 0.621. The zero-order valence-corrected chi connectivity index (χ0v) is 17.2. The Morgan fingerprint density at radius 2 is 1.67 bits per heavy atom. The number of hydrogen-bond donors (Lipinski definition) is 0. The van der Waals surface area contributed by atoms with Crippen LogP contribution in [0.25, 0.3) is 5.69 Å². The molecule has 0 bridgehead atoms. The number of benzene rings is 2. The molecule has 0 aliphatic carbocycles. The molecule has 0 fully saturated rings. The topological polar surface area (TPSA) is 42.6 Å². The summed E-state index contributed by atoms with van der Waals surface area (Å²) in [6.45, 7) is 4.50. The van der Waals surface area contributed by atoms with Gasteiger partial charge in [0.15, 0.2) is 12.2 Å². The van der Waals surface area contributed by atoms with Gasteiger partial charge in [-0.05, 0) is 37.8 Å². The molecular formula is C20H21N4OPS. The van der Waals surface area contributed by atoms with Crippen molar-refractivity contribution in [2.24, 2.45) is 4.99 Å². The molecule has 5 nitrogen and oxygen atoms in total. The summed E-state index contributed by atoms with van der Waals surface area (Å²) in [5.41, 5.74) is 2.84. The van der Waals surface area contributed by atoms with Crippen molar-refractivity contribution in [3.8, 4) is 5.69 Å². The molecule has 0 amide bonds. The standard InChI is InChI=1S/C20H21N4OPS/c1-4-25-26(27)18-15(2)22-24(17-13-9-6-10-14-17)20(18)21-19(23(26)3)16-11-7-5-8-12-16/h5-14H,4H2,1-3H3/t26-/m0/s1. The van der Waals surface area contributed by atoms with Crippen molar-refractivity contribution in [2.75, 3.05) is 13.7 Å². The summed E-state index contributed by atoms with van der Waals surface area (Å²) in [4.78, 5) is 5.00. The van der Waals surface area contributed by atoms with Crippen LogP contribution in [0.4, 0.5) is 5.82 Å². The maximum atomic E-state index is 6.21. The van der Waals surface area contributed by atoms with Crippen molar-refractivity contribution in [2.45, 2.75) is 13.8 Å². The van der Waals surface area contributed by atoms with Crippen LogP contribution < -0.4 is 5.30 Å². The van der Waals surface area contributed by atoms with Gasteiger partial charge >= 0.3 is 0 Å². The number of aryl methyl sites for hydroxylation is 1. The molecule has 7 heteroatoms. The van der Waals surface area contributed by atoms with Crippen molar-refractivity contribution in [1.82, 2.24) is 14.5 Å². The van der Waals surface area contributed by atoms with Crippen LogP contribution in [0.5, 0.6) is 0 Å². The Hall–Kier alpha value is -2.27. The van der Waals surface area contributed by atoms with Crippen molar-refractivity contribution >= 4 is 35.2 Å². The highest BCUT2D eigenvalue weighted by atomic mass is 32.4. The summed E-state index contributed by atoms with van der Waals surface area (Å²) >= 11 is 6.14. The van der Waals surface area contributed by atoms with Gasteiger partial charge in [-0.2, -0.15) is 5.10 Å². The van der Waals surface area contributed by atoms with Gasteiger partial charge in [-0.1, -0.05) is 48.5 Å². The lowest BCUT2D eigenvalue weighted by atomic mass is 10.2. The van der Waals surface area contributed by atoms with Gasteiger partial charge in [-0.25, -0.2) is 9.67 Å². The number of rotatable bonds is 4. The Bertz CT molecular complexity index is 1050. The van der Waals surface area contributed by atoms with E-state index in [4.69, 9.17) is 26.4 Å². The molecule has 0 N–H and O–H groups in total. The smallest absolute Gasteiger partial charge is 0.192 e. The van der Waals surface area contributed by atoms with Crippen molar-refractivity contribution < 1.29 is 4.52 Å². The van der Waals surface area contributed by atoms with Crippen LogP contribution in [0, 0.1) is 6.92 Å². The molecule has 0 unspecified atom stereocenters. The van der Waals surface area contributed by atoms with E-state index >= 15 is 0 Å². The molecule has 1 aliphatic rings. The lowest BCUT2D eigenvalue weighted by Crippen LogP contribution is -2.34. The normalized spacial score (nSPS) is 18.9. The third kappa shape index (κ3) is 2.94. The number of para-hydroxylation sites is 1. The molecule has 1 aromatic heterocycles. The largest absolute Gasteiger partial charge is 0.331 e. The van der Waals surface area contributed by atoms with E-state index in [2.05, 4.69) is 0 Å². The number of hydrogen-bond acceptors (Lipinski definition) is 4. The van der Waals surface area contributed by atoms with Crippen molar-refractivity contribution in [1.29, 1.82) is 0 Å². The highest BCUT2D eigenvalue weighted by Crippen LogP contribution is 2.55. The highest BCUT2D eigenvalue weighted by molar-refractivity contribution is 8.15.